The average Bonchev–Trinajstić information content (AvgIpc) is 3.15. The van der Waals surface area contributed by atoms with Crippen molar-refractivity contribution in [1.29, 1.82) is 0 Å². The Kier molecular flexibility index (Phi) is 4.92. The predicted molar refractivity (Wildman–Crippen MR) is 114 cm³/mol. The molecule has 0 aromatic heterocycles. The molecule has 4 rings (SSSR count). The van der Waals surface area contributed by atoms with E-state index >= 15 is 0 Å². The first kappa shape index (κ1) is 19.3. The van der Waals surface area contributed by atoms with Crippen LogP contribution in [0, 0.1) is 10.1 Å². The smallest absolute Gasteiger partial charge is 0.276 e. The number of amides is 2. The zero-order valence-electron chi connectivity index (χ0n) is 14.8. The molecule has 1 atom stereocenters. The van der Waals surface area contributed by atoms with Gasteiger partial charge in [0.1, 0.15) is 0 Å². The SMILES string of the molecule is CC1S/C(=N\N=C2\C(=O)Nc3ccc([N+](=O)[O-])cc32)N(c2ccc(Br)cc2)C1=O. The molecule has 2 aliphatic heterocycles. The highest BCUT2D eigenvalue weighted by molar-refractivity contribution is 9.10. The molecule has 2 aromatic rings. The van der Waals surface area contributed by atoms with Crippen molar-refractivity contribution in [2.24, 2.45) is 10.2 Å². The van der Waals surface area contributed by atoms with Crippen molar-refractivity contribution in [3.05, 3.63) is 62.6 Å². The van der Waals surface area contributed by atoms with Crippen LogP contribution in [0.15, 0.2) is 57.1 Å². The number of nitrogens with one attached hydrogen (secondary N) is 1. The number of benzene rings is 2. The second kappa shape index (κ2) is 7.41. The summed E-state index contributed by atoms with van der Waals surface area (Å²) in [6, 6.07) is 11.2. The number of nitro groups is 1. The van der Waals surface area contributed by atoms with Crippen LogP contribution in [-0.2, 0) is 9.59 Å². The molecule has 2 aromatic carbocycles. The number of halogens is 1. The molecule has 2 amide bonds. The van der Waals surface area contributed by atoms with E-state index in [4.69, 9.17) is 0 Å². The molecule has 146 valence electrons. The standard InChI is InChI=1S/C18H12BrN5O4S/c1-9-17(26)23(11-4-2-10(19)3-5-11)18(29-9)22-21-15-13-8-12(24(27)28)6-7-14(13)20-16(15)25/h2-9H,1H3,(H,20,21,25)/b22-18-. The molecule has 11 heteroatoms. The summed E-state index contributed by atoms with van der Waals surface area (Å²) in [5.74, 6) is -0.661. The molecule has 0 bridgehead atoms. The lowest BCUT2D eigenvalue weighted by Crippen LogP contribution is -2.31. The van der Waals surface area contributed by atoms with E-state index in [-0.39, 0.29) is 22.6 Å². The molecular weight excluding hydrogens is 462 g/mol. The number of nitrogens with zero attached hydrogens (tertiary/aromatic N) is 4. The fourth-order valence-corrected chi connectivity index (χ4v) is 4.06. The summed E-state index contributed by atoms with van der Waals surface area (Å²) in [5.41, 5.74) is 1.15. The largest absolute Gasteiger partial charge is 0.320 e. The Morgan fingerprint density at radius 3 is 2.59 bits per heavy atom. The van der Waals surface area contributed by atoms with Crippen molar-refractivity contribution in [1.82, 2.24) is 0 Å². The van der Waals surface area contributed by atoms with Gasteiger partial charge in [-0.05, 0) is 37.3 Å². The van der Waals surface area contributed by atoms with Crippen LogP contribution in [0.25, 0.3) is 0 Å². The number of hydrogen-bond donors (Lipinski definition) is 1. The number of rotatable bonds is 3. The molecule has 1 fully saturated rings. The van der Waals surface area contributed by atoms with Crippen molar-refractivity contribution in [3.8, 4) is 0 Å². The molecule has 9 nitrogen and oxygen atoms in total. The number of nitro benzene ring substituents is 1. The Bertz CT molecular complexity index is 1120. The van der Waals surface area contributed by atoms with Gasteiger partial charge in [0, 0.05) is 22.2 Å². The van der Waals surface area contributed by atoms with Crippen LogP contribution in [0.3, 0.4) is 0 Å². The lowest BCUT2D eigenvalue weighted by molar-refractivity contribution is -0.384. The molecular formula is C18H12BrN5O4S. The van der Waals surface area contributed by atoms with Gasteiger partial charge in [-0.3, -0.25) is 24.6 Å². The topological polar surface area (TPSA) is 117 Å². The van der Waals surface area contributed by atoms with Crippen molar-refractivity contribution < 1.29 is 14.5 Å². The van der Waals surface area contributed by atoms with Gasteiger partial charge in [0.25, 0.3) is 11.6 Å². The zero-order chi connectivity index (χ0) is 20.7. The van der Waals surface area contributed by atoms with E-state index in [0.29, 0.717) is 22.1 Å². The molecule has 2 heterocycles. The summed E-state index contributed by atoms with van der Waals surface area (Å²) in [6.45, 7) is 1.76. The number of thioether (sulfide) groups is 1. The Hall–Kier alpha value is -3.05. The van der Waals surface area contributed by atoms with Gasteiger partial charge in [-0.25, -0.2) is 0 Å². The van der Waals surface area contributed by atoms with Gasteiger partial charge in [0.15, 0.2) is 10.9 Å². The van der Waals surface area contributed by atoms with Gasteiger partial charge in [-0.15, -0.1) is 10.2 Å². The minimum atomic E-state index is -0.547. The normalized spacial score (nSPS) is 21.0. The number of carbonyl (C=O) groups is 2. The van der Waals surface area contributed by atoms with Crippen LogP contribution in [0.5, 0.6) is 0 Å². The number of fused-ring (bicyclic) bond motifs is 1. The second-order valence-corrected chi connectivity index (χ2v) is 8.41. The molecule has 1 saturated heterocycles. The lowest BCUT2D eigenvalue weighted by atomic mass is 10.1. The first-order chi connectivity index (χ1) is 13.8. The van der Waals surface area contributed by atoms with Gasteiger partial charge in [-0.1, -0.05) is 27.7 Å². The van der Waals surface area contributed by atoms with Gasteiger partial charge >= 0.3 is 0 Å². The summed E-state index contributed by atoms with van der Waals surface area (Å²) < 4.78 is 0.869. The van der Waals surface area contributed by atoms with Crippen LogP contribution in [0.1, 0.15) is 12.5 Å². The average molecular weight is 474 g/mol. The van der Waals surface area contributed by atoms with E-state index < -0.39 is 10.8 Å². The highest BCUT2D eigenvalue weighted by atomic mass is 79.9. The fraction of sp³-hybridized carbons (Fsp3) is 0.111. The van der Waals surface area contributed by atoms with Crippen LogP contribution >= 0.6 is 27.7 Å². The van der Waals surface area contributed by atoms with E-state index in [9.17, 15) is 19.7 Å². The van der Waals surface area contributed by atoms with Crippen molar-refractivity contribution >= 4 is 67.4 Å². The van der Waals surface area contributed by atoms with Crippen molar-refractivity contribution in [2.45, 2.75) is 12.2 Å². The third-order valence-corrected chi connectivity index (χ3v) is 5.85. The molecule has 29 heavy (non-hydrogen) atoms. The van der Waals surface area contributed by atoms with E-state index in [2.05, 4.69) is 31.4 Å². The molecule has 0 radical (unpaired) electrons. The van der Waals surface area contributed by atoms with Gasteiger partial charge in [-0.2, -0.15) is 0 Å². The molecule has 2 aliphatic rings. The zero-order valence-corrected chi connectivity index (χ0v) is 17.2. The van der Waals surface area contributed by atoms with Gasteiger partial charge in [0.2, 0.25) is 5.91 Å². The first-order valence-corrected chi connectivity index (χ1v) is 10.0. The number of hydrogen-bond acceptors (Lipinski definition) is 7. The number of amidine groups is 1. The fourth-order valence-electron chi connectivity index (χ4n) is 2.88. The van der Waals surface area contributed by atoms with E-state index in [1.54, 1.807) is 31.2 Å². The molecule has 0 aliphatic carbocycles. The Morgan fingerprint density at radius 2 is 1.90 bits per heavy atom. The third-order valence-electron chi connectivity index (χ3n) is 4.29. The van der Waals surface area contributed by atoms with Gasteiger partial charge in [0.05, 0.1) is 21.5 Å². The minimum Gasteiger partial charge on any atom is -0.320 e. The summed E-state index contributed by atoms with van der Waals surface area (Å²) in [5, 5.41) is 21.8. The molecule has 1 N–H and O–H groups in total. The quantitative estimate of drug-likeness (QED) is 0.540. The maximum atomic E-state index is 12.6. The minimum absolute atomic E-state index is 0.0421. The van der Waals surface area contributed by atoms with E-state index in [1.807, 2.05) is 0 Å². The molecule has 0 saturated carbocycles. The second-order valence-electron chi connectivity index (χ2n) is 6.18. The van der Waals surface area contributed by atoms with Crippen LogP contribution in [0.2, 0.25) is 0 Å². The Balaban J connectivity index is 1.74. The maximum absolute atomic E-state index is 12.6. The lowest BCUT2D eigenvalue weighted by Gasteiger charge is -2.15. The van der Waals surface area contributed by atoms with Crippen LogP contribution in [-0.4, -0.2) is 32.9 Å². The highest BCUT2D eigenvalue weighted by Gasteiger charge is 2.37. The summed E-state index contributed by atoms with van der Waals surface area (Å²) in [6.07, 6.45) is 0. The van der Waals surface area contributed by atoms with E-state index in [0.717, 1.165) is 4.47 Å². The Labute approximate surface area is 177 Å². The van der Waals surface area contributed by atoms with Crippen LogP contribution < -0.4 is 10.2 Å². The third kappa shape index (κ3) is 3.54. The highest BCUT2D eigenvalue weighted by Crippen LogP contribution is 2.33. The van der Waals surface area contributed by atoms with Gasteiger partial charge < -0.3 is 5.32 Å². The molecule has 1 unspecified atom stereocenters. The summed E-state index contributed by atoms with van der Waals surface area (Å²) in [4.78, 5) is 36.8. The summed E-state index contributed by atoms with van der Waals surface area (Å²) >= 11 is 4.58. The number of anilines is 2. The Morgan fingerprint density at radius 1 is 1.17 bits per heavy atom. The first-order valence-electron chi connectivity index (χ1n) is 8.37. The maximum Gasteiger partial charge on any atom is 0.276 e. The molecule has 0 spiro atoms. The van der Waals surface area contributed by atoms with Crippen molar-refractivity contribution in [2.75, 3.05) is 10.2 Å². The van der Waals surface area contributed by atoms with Crippen LogP contribution in [0.4, 0.5) is 17.1 Å². The van der Waals surface area contributed by atoms with E-state index in [1.165, 1.54) is 34.9 Å². The van der Waals surface area contributed by atoms with Crippen molar-refractivity contribution in [3.63, 3.8) is 0 Å². The number of non-ortho nitro benzene ring substituents is 1. The summed E-state index contributed by atoms with van der Waals surface area (Å²) in [7, 11) is 0. The number of carbonyl (C=O) groups excluding carboxylic acids is 2. The predicted octanol–water partition coefficient (Wildman–Crippen LogP) is 3.54. The monoisotopic (exact) mass is 473 g/mol.